The summed E-state index contributed by atoms with van der Waals surface area (Å²) in [6, 6.07) is 6.50. The van der Waals surface area contributed by atoms with E-state index in [2.05, 4.69) is 21.2 Å². The van der Waals surface area contributed by atoms with Crippen molar-refractivity contribution >= 4 is 37.8 Å². The van der Waals surface area contributed by atoms with Gasteiger partial charge in [-0.3, -0.25) is 9.59 Å². The standard InChI is InChI=1S/C17H22BrN3O4S/c1-12-10-15(12)17(23)19-11-16(22)20-6-8-21(9-7-20)26(24,25)14-4-2-13(18)3-5-14/h2-5,12,15H,6-11H2,1H3,(H,19,23)/t12-,15+/m0/s1. The Morgan fingerprint density at radius 2 is 1.73 bits per heavy atom. The largest absolute Gasteiger partial charge is 0.347 e. The molecular weight excluding hydrogens is 422 g/mol. The molecule has 7 nitrogen and oxygen atoms in total. The van der Waals surface area contributed by atoms with E-state index in [4.69, 9.17) is 0 Å². The molecule has 1 aromatic rings. The fourth-order valence-corrected chi connectivity index (χ4v) is 4.71. The Labute approximate surface area is 161 Å². The molecule has 0 spiro atoms. The molecule has 0 radical (unpaired) electrons. The van der Waals surface area contributed by atoms with Crippen molar-refractivity contribution in [3.8, 4) is 0 Å². The highest BCUT2D eigenvalue weighted by molar-refractivity contribution is 9.10. The lowest BCUT2D eigenvalue weighted by Gasteiger charge is -2.34. The van der Waals surface area contributed by atoms with E-state index < -0.39 is 10.0 Å². The van der Waals surface area contributed by atoms with Crippen LogP contribution in [0.15, 0.2) is 33.6 Å². The molecule has 0 aromatic heterocycles. The minimum Gasteiger partial charge on any atom is -0.347 e. The van der Waals surface area contributed by atoms with Gasteiger partial charge >= 0.3 is 0 Å². The van der Waals surface area contributed by atoms with Crippen LogP contribution < -0.4 is 5.32 Å². The second-order valence-corrected chi connectivity index (χ2v) is 9.63. The van der Waals surface area contributed by atoms with Crippen molar-refractivity contribution in [1.82, 2.24) is 14.5 Å². The highest BCUT2D eigenvalue weighted by Crippen LogP contribution is 2.37. The number of hydrogen-bond donors (Lipinski definition) is 1. The fraction of sp³-hybridized carbons (Fsp3) is 0.529. The van der Waals surface area contributed by atoms with Gasteiger partial charge in [-0.1, -0.05) is 22.9 Å². The van der Waals surface area contributed by atoms with Crippen molar-refractivity contribution in [2.45, 2.75) is 18.2 Å². The first-order chi connectivity index (χ1) is 12.3. The first-order valence-electron chi connectivity index (χ1n) is 8.60. The van der Waals surface area contributed by atoms with Gasteiger partial charge in [-0.05, 0) is 36.6 Å². The van der Waals surface area contributed by atoms with Gasteiger partial charge in [0.2, 0.25) is 21.8 Å². The van der Waals surface area contributed by atoms with Gasteiger partial charge in [0.15, 0.2) is 0 Å². The van der Waals surface area contributed by atoms with Crippen LogP contribution in [0.2, 0.25) is 0 Å². The zero-order valence-corrected chi connectivity index (χ0v) is 16.9. The minimum atomic E-state index is -3.56. The Balaban J connectivity index is 1.51. The molecule has 1 heterocycles. The van der Waals surface area contributed by atoms with E-state index in [0.29, 0.717) is 19.0 Å². The Morgan fingerprint density at radius 3 is 2.27 bits per heavy atom. The number of rotatable bonds is 5. The summed E-state index contributed by atoms with van der Waals surface area (Å²) in [5.41, 5.74) is 0. The molecular formula is C17H22BrN3O4S. The van der Waals surface area contributed by atoms with Crippen LogP contribution in [0.5, 0.6) is 0 Å². The van der Waals surface area contributed by atoms with Crippen LogP contribution in [-0.2, 0) is 19.6 Å². The number of nitrogens with one attached hydrogen (secondary N) is 1. The molecule has 3 rings (SSSR count). The van der Waals surface area contributed by atoms with Crippen molar-refractivity contribution in [3.63, 3.8) is 0 Å². The van der Waals surface area contributed by atoms with E-state index in [1.165, 1.54) is 4.31 Å². The SMILES string of the molecule is C[C@H]1C[C@H]1C(=O)NCC(=O)N1CCN(S(=O)(=O)c2ccc(Br)cc2)CC1. The molecule has 1 aliphatic heterocycles. The number of carbonyl (C=O) groups excluding carboxylic acids is 2. The average Bonchev–Trinajstić information content (AvgIpc) is 3.36. The van der Waals surface area contributed by atoms with Crippen LogP contribution in [0, 0.1) is 11.8 Å². The van der Waals surface area contributed by atoms with Crippen LogP contribution in [0.3, 0.4) is 0 Å². The second-order valence-electron chi connectivity index (χ2n) is 6.78. The molecule has 2 atom stereocenters. The third-order valence-electron chi connectivity index (χ3n) is 4.90. The number of sulfonamides is 1. The Morgan fingerprint density at radius 1 is 1.15 bits per heavy atom. The predicted molar refractivity (Wildman–Crippen MR) is 99.8 cm³/mol. The van der Waals surface area contributed by atoms with Crippen molar-refractivity contribution < 1.29 is 18.0 Å². The van der Waals surface area contributed by atoms with E-state index >= 15 is 0 Å². The summed E-state index contributed by atoms with van der Waals surface area (Å²) in [5, 5.41) is 2.68. The highest BCUT2D eigenvalue weighted by atomic mass is 79.9. The van der Waals surface area contributed by atoms with Crippen LogP contribution in [-0.4, -0.2) is 62.2 Å². The third kappa shape index (κ3) is 4.27. The molecule has 0 bridgehead atoms. The summed E-state index contributed by atoms with van der Waals surface area (Å²) >= 11 is 3.29. The van der Waals surface area contributed by atoms with Crippen LogP contribution >= 0.6 is 15.9 Å². The topological polar surface area (TPSA) is 86.8 Å². The average molecular weight is 444 g/mol. The molecule has 1 aliphatic carbocycles. The summed E-state index contributed by atoms with van der Waals surface area (Å²) < 4.78 is 27.5. The number of nitrogens with zero attached hydrogens (tertiary/aromatic N) is 2. The summed E-state index contributed by atoms with van der Waals surface area (Å²) in [4.78, 5) is 25.9. The van der Waals surface area contributed by atoms with Crippen molar-refractivity contribution in [1.29, 1.82) is 0 Å². The normalized spacial score (nSPS) is 23.5. The number of hydrogen-bond acceptors (Lipinski definition) is 4. The van der Waals surface area contributed by atoms with E-state index in [-0.39, 0.29) is 42.3 Å². The number of amides is 2. The predicted octanol–water partition coefficient (Wildman–Crippen LogP) is 1.05. The van der Waals surface area contributed by atoms with Gasteiger partial charge < -0.3 is 10.2 Å². The second kappa shape index (κ2) is 7.66. The third-order valence-corrected chi connectivity index (χ3v) is 7.34. The Hall–Kier alpha value is -1.45. The van der Waals surface area contributed by atoms with Gasteiger partial charge in [0.1, 0.15) is 0 Å². The zero-order valence-electron chi connectivity index (χ0n) is 14.5. The molecule has 2 amide bonds. The van der Waals surface area contributed by atoms with Crippen LogP contribution in [0.25, 0.3) is 0 Å². The molecule has 2 aliphatic rings. The van der Waals surface area contributed by atoms with Crippen molar-refractivity contribution in [2.24, 2.45) is 11.8 Å². The lowest BCUT2D eigenvalue weighted by Crippen LogP contribution is -2.52. The maximum Gasteiger partial charge on any atom is 0.243 e. The monoisotopic (exact) mass is 443 g/mol. The van der Waals surface area contributed by atoms with E-state index in [1.807, 2.05) is 6.92 Å². The zero-order chi connectivity index (χ0) is 18.9. The summed E-state index contributed by atoms with van der Waals surface area (Å²) in [6.07, 6.45) is 0.882. The molecule has 0 unspecified atom stereocenters. The quantitative estimate of drug-likeness (QED) is 0.736. The Kier molecular flexibility index (Phi) is 5.69. The molecule has 1 N–H and O–H groups in total. The lowest BCUT2D eigenvalue weighted by atomic mass is 10.3. The fourth-order valence-electron chi connectivity index (χ4n) is 3.03. The highest BCUT2D eigenvalue weighted by Gasteiger charge is 2.39. The van der Waals surface area contributed by atoms with Gasteiger partial charge in [-0.15, -0.1) is 0 Å². The number of carbonyl (C=O) groups is 2. The molecule has 142 valence electrons. The van der Waals surface area contributed by atoms with Gasteiger partial charge in [0.05, 0.1) is 11.4 Å². The van der Waals surface area contributed by atoms with Crippen LogP contribution in [0.4, 0.5) is 0 Å². The maximum absolute atomic E-state index is 12.7. The van der Waals surface area contributed by atoms with Crippen molar-refractivity contribution in [2.75, 3.05) is 32.7 Å². The van der Waals surface area contributed by atoms with Crippen molar-refractivity contribution in [3.05, 3.63) is 28.7 Å². The van der Waals surface area contributed by atoms with E-state index in [0.717, 1.165) is 10.9 Å². The van der Waals surface area contributed by atoms with E-state index in [9.17, 15) is 18.0 Å². The van der Waals surface area contributed by atoms with Gasteiger partial charge in [0.25, 0.3) is 0 Å². The Bertz CT molecular complexity index is 789. The summed E-state index contributed by atoms with van der Waals surface area (Å²) in [6.45, 7) is 3.13. The van der Waals surface area contributed by atoms with Gasteiger partial charge in [-0.2, -0.15) is 4.31 Å². The van der Waals surface area contributed by atoms with Crippen LogP contribution in [0.1, 0.15) is 13.3 Å². The first kappa shape index (κ1) is 19.3. The lowest BCUT2D eigenvalue weighted by molar-refractivity contribution is -0.134. The van der Waals surface area contributed by atoms with Gasteiger partial charge in [-0.25, -0.2) is 8.42 Å². The molecule has 26 heavy (non-hydrogen) atoms. The van der Waals surface area contributed by atoms with Gasteiger partial charge in [0, 0.05) is 36.6 Å². The maximum atomic E-state index is 12.7. The number of benzene rings is 1. The first-order valence-corrected chi connectivity index (χ1v) is 10.8. The number of piperazine rings is 1. The molecule has 1 saturated carbocycles. The summed E-state index contributed by atoms with van der Waals surface area (Å²) in [7, 11) is -3.56. The molecule has 9 heteroatoms. The smallest absolute Gasteiger partial charge is 0.243 e. The minimum absolute atomic E-state index is 0.0263. The number of halogens is 1. The molecule has 1 aromatic carbocycles. The molecule has 1 saturated heterocycles. The van der Waals surface area contributed by atoms with E-state index in [1.54, 1.807) is 29.2 Å². The molecule has 2 fully saturated rings. The summed E-state index contributed by atoms with van der Waals surface area (Å²) in [5.74, 6) is 0.197.